The van der Waals surface area contributed by atoms with Crippen molar-refractivity contribution < 1.29 is 19.1 Å². The van der Waals surface area contributed by atoms with Crippen molar-refractivity contribution in [3.05, 3.63) is 70.3 Å². The second kappa shape index (κ2) is 10.3. The first kappa shape index (κ1) is 23.1. The molecule has 2 aromatic carbocycles. The van der Waals surface area contributed by atoms with Gasteiger partial charge in [0.2, 0.25) is 0 Å². The Morgan fingerprint density at radius 3 is 2.27 bits per heavy atom. The average Bonchev–Trinajstić information content (AvgIpc) is 3.42. The van der Waals surface area contributed by atoms with Gasteiger partial charge in [-0.15, -0.1) is 0 Å². The molecule has 2 aliphatic heterocycles. The molecule has 2 heterocycles. The minimum absolute atomic E-state index is 0.310. The maximum Gasteiger partial charge on any atom is 0.338 e. The lowest BCUT2D eigenvalue weighted by Gasteiger charge is -2.20. The smallest absolute Gasteiger partial charge is 0.338 e. The first-order chi connectivity index (χ1) is 16.0. The molecule has 0 spiro atoms. The summed E-state index contributed by atoms with van der Waals surface area (Å²) in [6.45, 7) is 5.95. The number of nitrogens with zero attached hydrogens (tertiary/aromatic N) is 2. The number of anilines is 1. The highest BCUT2D eigenvalue weighted by atomic mass is 32.2. The van der Waals surface area contributed by atoms with Gasteiger partial charge in [0, 0.05) is 18.0 Å². The fraction of sp³-hybridized carbons (Fsp3) is 0.346. The van der Waals surface area contributed by atoms with Gasteiger partial charge in [0.05, 0.1) is 17.9 Å². The van der Waals surface area contributed by atoms with Crippen LogP contribution in [0.5, 0.6) is 0 Å². The Bertz CT molecular complexity index is 1070. The van der Waals surface area contributed by atoms with Crippen LogP contribution in [0.3, 0.4) is 0 Å². The van der Waals surface area contributed by atoms with Gasteiger partial charge in [-0.2, -0.15) is 0 Å². The zero-order valence-electron chi connectivity index (χ0n) is 19.0. The van der Waals surface area contributed by atoms with Crippen LogP contribution >= 0.6 is 11.8 Å². The van der Waals surface area contributed by atoms with E-state index in [-0.39, 0.29) is 11.8 Å². The largest absolute Gasteiger partial charge is 0.462 e. The maximum absolute atomic E-state index is 13.5. The van der Waals surface area contributed by atoms with E-state index in [0.717, 1.165) is 49.2 Å². The van der Waals surface area contributed by atoms with Crippen LogP contribution in [0.15, 0.2) is 64.0 Å². The molecule has 172 valence electrons. The number of aryl methyl sites for hydroxylation is 1. The fourth-order valence-corrected chi connectivity index (χ4v) is 4.91. The Morgan fingerprint density at radius 1 is 0.970 bits per heavy atom. The molecule has 0 bridgehead atoms. The number of imide groups is 1. The van der Waals surface area contributed by atoms with Crippen molar-refractivity contribution in [3.63, 3.8) is 0 Å². The maximum atomic E-state index is 13.5. The highest BCUT2D eigenvalue weighted by Crippen LogP contribution is 2.39. The van der Waals surface area contributed by atoms with E-state index in [9.17, 15) is 14.4 Å². The third-order valence-corrected chi connectivity index (χ3v) is 6.85. The summed E-state index contributed by atoms with van der Waals surface area (Å²) in [4.78, 5) is 43.7. The van der Waals surface area contributed by atoms with Gasteiger partial charge in [-0.05, 0) is 62.6 Å². The predicted molar refractivity (Wildman–Crippen MR) is 129 cm³/mol. The highest BCUT2D eigenvalue weighted by Gasteiger charge is 2.43. The molecule has 0 radical (unpaired) electrons. The number of carbonyl (C=O) groups is 3. The lowest BCUT2D eigenvalue weighted by Crippen LogP contribution is -2.34. The molecule has 2 aromatic rings. The molecule has 0 N–H and O–H groups in total. The van der Waals surface area contributed by atoms with Crippen LogP contribution in [0.25, 0.3) is 0 Å². The summed E-state index contributed by atoms with van der Waals surface area (Å²) in [5.41, 5.74) is 2.46. The molecule has 1 fully saturated rings. The standard InChI is InChI=1S/C26H28N2O4S/c1-3-4-17-32-26(31)19-9-11-20(12-10-19)28-24(29)22(27-15-5-6-16-27)23(25(28)30)33-21-13-7-18(2)8-14-21/h7-14H,3-6,15-17H2,1-2H3. The quantitative estimate of drug-likeness (QED) is 0.314. The summed E-state index contributed by atoms with van der Waals surface area (Å²) in [6, 6.07) is 14.4. The van der Waals surface area contributed by atoms with Crippen molar-refractivity contribution in [1.82, 2.24) is 4.90 Å². The van der Waals surface area contributed by atoms with Crippen LogP contribution in [-0.4, -0.2) is 42.4 Å². The number of thioether (sulfide) groups is 1. The molecule has 33 heavy (non-hydrogen) atoms. The molecule has 0 saturated carbocycles. The van der Waals surface area contributed by atoms with Gasteiger partial charge in [-0.25, -0.2) is 9.69 Å². The molecule has 2 amide bonds. The third-order valence-electron chi connectivity index (χ3n) is 5.77. The summed E-state index contributed by atoms with van der Waals surface area (Å²) < 4.78 is 5.25. The molecule has 7 heteroatoms. The first-order valence-electron chi connectivity index (χ1n) is 11.4. The number of esters is 1. The molecule has 0 unspecified atom stereocenters. The third kappa shape index (κ3) is 4.98. The van der Waals surface area contributed by atoms with E-state index < -0.39 is 5.97 Å². The lowest BCUT2D eigenvalue weighted by molar-refractivity contribution is -0.121. The van der Waals surface area contributed by atoms with Crippen molar-refractivity contribution in [2.75, 3.05) is 24.6 Å². The number of unbranched alkanes of at least 4 members (excludes halogenated alkanes) is 1. The van der Waals surface area contributed by atoms with E-state index in [2.05, 4.69) is 0 Å². The van der Waals surface area contributed by atoms with E-state index >= 15 is 0 Å². The van der Waals surface area contributed by atoms with Gasteiger partial charge in [0.1, 0.15) is 10.6 Å². The van der Waals surface area contributed by atoms with Crippen molar-refractivity contribution in [1.29, 1.82) is 0 Å². The Hall–Kier alpha value is -3.06. The number of carbonyl (C=O) groups excluding carboxylic acids is 3. The second-order valence-electron chi connectivity index (χ2n) is 8.27. The van der Waals surface area contributed by atoms with E-state index in [4.69, 9.17) is 4.74 Å². The van der Waals surface area contributed by atoms with E-state index in [1.165, 1.54) is 16.7 Å². The molecule has 0 aliphatic carbocycles. The van der Waals surface area contributed by atoms with E-state index in [1.54, 1.807) is 24.3 Å². The van der Waals surface area contributed by atoms with Crippen LogP contribution in [0.1, 0.15) is 48.5 Å². The van der Waals surface area contributed by atoms with E-state index in [1.807, 2.05) is 43.0 Å². The fourth-order valence-electron chi connectivity index (χ4n) is 3.91. The second-order valence-corrected chi connectivity index (χ2v) is 9.35. The van der Waals surface area contributed by atoms with Gasteiger partial charge in [-0.3, -0.25) is 9.59 Å². The number of rotatable bonds is 8. The number of benzene rings is 2. The Labute approximate surface area is 198 Å². The molecule has 0 atom stereocenters. The van der Waals surface area contributed by atoms with Gasteiger partial charge in [-0.1, -0.05) is 42.8 Å². The number of ether oxygens (including phenoxy) is 1. The monoisotopic (exact) mass is 464 g/mol. The van der Waals surface area contributed by atoms with Crippen LogP contribution in [0.4, 0.5) is 5.69 Å². The molecule has 4 rings (SSSR count). The predicted octanol–water partition coefficient (Wildman–Crippen LogP) is 4.92. The zero-order valence-corrected chi connectivity index (χ0v) is 19.8. The molecular weight excluding hydrogens is 436 g/mol. The Balaban J connectivity index is 1.59. The van der Waals surface area contributed by atoms with Crippen LogP contribution in [0.2, 0.25) is 0 Å². The van der Waals surface area contributed by atoms with Gasteiger partial charge in [0.15, 0.2) is 0 Å². The number of hydrogen-bond acceptors (Lipinski definition) is 6. The van der Waals surface area contributed by atoms with Gasteiger partial charge in [0.25, 0.3) is 11.8 Å². The summed E-state index contributed by atoms with van der Waals surface area (Å²) in [7, 11) is 0. The molecule has 0 aromatic heterocycles. The van der Waals surface area contributed by atoms with Gasteiger partial charge >= 0.3 is 5.97 Å². The molecular formula is C26H28N2O4S. The summed E-state index contributed by atoms with van der Waals surface area (Å²) in [6.07, 6.45) is 3.76. The minimum Gasteiger partial charge on any atom is -0.462 e. The summed E-state index contributed by atoms with van der Waals surface area (Å²) in [5.74, 6) is -1.04. The Kier molecular flexibility index (Phi) is 7.18. The van der Waals surface area contributed by atoms with Crippen molar-refractivity contribution in [2.24, 2.45) is 0 Å². The average molecular weight is 465 g/mol. The normalized spacial score (nSPS) is 16.2. The summed E-state index contributed by atoms with van der Waals surface area (Å²) in [5, 5.41) is 0. The van der Waals surface area contributed by atoms with Gasteiger partial charge < -0.3 is 9.64 Å². The zero-order chi connectivity index (χ0) is 23.4. The highest BCUT2D eigenvalue weighted by molar-refractivity contribution is 8.04. The SMILES string of the molecule is CCCCOC(=O)c1ccc(N2C(=O)C(Sc3ccc(C)cc3)=C(N3CCCC3)C2=O)cc1. The summed E-state index contributed by atoms with van der Waals surface area (Å²) >= 11 is 1.34. The van der Waals surface area contributed by atoms with Crippen LogP contribution in [0, 0.1) is 6.92 Å². The number of hydrogen-bond donors (Lipinski definition) is 0. The van der Waals surface area contributed by atoms with E-state index in [0.29, 0.717) is 28.5 Å². The minimum atomic E-state index is -0.402. The van der Waals surface area contributed by atoms with Crippen molar-refractivity contribution in [3.8, 4) is 0 Å². The first-order valence-corrected chi connectivity index (χ1v) is 12.2. The van der Waals surface area contributed by atoms with Crippen LogP contribution in [-0.2, 0) is 14.3 Å². The van der Waals surface area contributed by atoms with Crippen molar-refractivity contribution >= 4 is 35.2 Å². The molecule has 6 nitrogen and oxygen atoms in total. The van der Waals surface area contributed by atoms with Crippen LogP contribution < -0.4 is 4.90 Å². The molecule has 2 aliphatic rings. The lowest BCUT2D eigenvalue weighted by atomic mass is 10.2. The molecule has 1 saturated heterocycles. The number of amides is 2. The van der Waals surface area contributed by atoms with Crippen molar-refractivity contribution in [2.45, 2.75) is 44.4 Å². The topological polar surface area (TPSA) is 66.9 Å². The Morgan fingerprint density at radius 2 is 1.64 bits per heavy atom. The number of likely N-dealkylation sites (tertiary alicyclic amines) is 1.